The Bertz CT molecular complexity index is 265. The summed E-state index contributed by atoms with van der Waals surface area (Å²) in [4.78, 5) is 0. The Morgan fingerprint density at radius 2 is 1.94 bits per heavy atom. The smallest absolute Gasteiger partial charge is 0.0656 e. The fraction of sp³-hybridized carbons (Fsp3) is 1.00. The van der Waals surface area contributed by atoms with Crippen LogP contribution in [-0.4, -0.2) is 10.7 Å². The van der Waals surface area contributed by atoms with E-state index in [-0.39, 0.29) is 5.60 Å². The summed E-state index contributed by atoms with van der Waals surface area (Å²) in [5, 5.41) is 10.5. The van der Waals surface area contributed by atoms with Crippen molar-refractivity contribution in [1.82, 2.24) is 0 Å². The Balaban J connectivity index is 1.53. The third kappa shape index (κ3) is 1.81. The second kappa shape index (κ2) is 3.73. The maximum Gasteiger partial charge on any atom is 0.0656 e. The van der Waals surface area contributed by atoms with Gasteiger partial charge < -0.3 is 5.11 Å². The summed E-state index contributed by atoms with van der Waals surface area (Å²) in [6.07, 6.45) is 9.13. The summed E-state index contributed by atoms with van der Waals surface area (Å²) in [7, 11) is 0. The predicted octanol–water partition coefficient (Wildman–Crippen LogP) is 3.61. The van der Waals surface area contributed by atoms with E-state index in [1.807, 2.05) is 0 Å². The lowest BCUT2D eigenvalue weighted by Gasteiger charge is -2.48. The van der Waals surface area contributed by atoms with Gasteiger partial charge in [0.2, 0.25) is 0 Å². The van der Waals surface area contributed by atoms with E-state index in [1.54, 1.807) is 0 Å². The Morgan fingerprint density at radius 1 is 1.19 bits per heavy atom. The molecule has 0 aliphatic heterocycles. The van der Waals surface area contributed by atoms with Gasteiger partial charge >= 0.3 is 0 Å². The zero-order valence-corrected chi connectivity index (χ0v) is 10.8. The largest absolute Gasteiger partial charge is 0.390 e. The number of aliphatic hydroxyl groups is 1. The maximum absolute atomic E-state index is 10.5. The highest BCUT2D eigenvalue weighted by atomic mass is 16.3. The van der Waals surface area contributed by atoms with Crippen molar-refractivity contribution < 1.29 is 5.11 Å². The Labute approximate surface area is 99.6 Å². The van der Waals surface area contributed by atoms with Crippen LogP contribution in [0.1, 0.15) is 58.8 Å². The van der Waals surface area contributed by atoms with Crippen LogP contribution in [0.4, 0.5) is 0 Å². The Hall–Kier alpha value is -0.0400. The van der Waals surface area contributed by atoms with Gasteiger partial charge in [-0.25, -0.2) is 0 Å². The molecular weight excluding hydrogens is 196 g/mol. The van der Waals surface area contributed by atoms with Gasteiger partial charge in [0.1, 0.15) is 0 Å². The molecule has 1 heteroatoms. The number of rotatable bonds is 3. The van der Waals surface area contributed by atoms with Crippen LogP contribution >= 0.6 is 0 Å². The highest BCUT2D eigenvalue weighted by Crippen LogP contribution is 2.54. The SMILES string of the molecule is CC(C)C1CC(O)(CC2CC3CCC2C3)C1. The molecule has 92 valence electrons. The summed E-state index contributed by atoms with van der Waals surface area (Å²) in [6, 6.07) is 0. The van der Waals surface area contributed by atoms with Gasteiger partial charge in [-0.2, -0.15) is 0 Å². The van der Waals surface area contributed by atoms with Crippen LogP contribution in [0, 0.1) is 29.6 Å². The summed E-state index contributed by atoms with van der Waals surface area (Å²) < 4.78 is 0. The minimum atomic E-state index is -0.260. The molecule has 0 aromatic heterocycles. The fourth-order valence-electron chi connectivity index (χ4n) is 4.67. The van der Waals surface area contributed by atoms with E-state index >= 15 is 0 Å². The zero-order valence-electron chi connectivity index (χ0n) is 10.8. The maximum atomic E-state index is 10.5. The highest BCUT2D eigenvalue weighted by molar-refractivity contribution is 5.00. The molecule has 3 rings (SSSR count). The molecule has 3 unspecified atom stereocenters. The molecule has 0 amide bonds. The summed E-state index contributed by atoms with van der Waals surface area (Å²) in [5.74, 6) is 4.44. The first-order valence-corrected chi connectivity index (χ1v) is 7.28. The summed E-state index contributed by atoms with van der Waals surface area (Å²) >= 11 is 0. The van der Waals surface area contributed by atoms with E-state index in [2.05, 4.69) is 13.8 Å². The molecular formula is C15H26O. The first-order valence-electron chi connectivity index (χ1n) is 7.28. The van der Waals surface area contributed by atoms with Crippen LogP contribution in [0.15, 0.2) is 0 Å². The quantitative estimate of drug-likeness (QED) is 0.773. The van der Waals surface area contributed by atoms with Crippen molar-refractivity contribution in [1.29, 1.82) is 0 Å². The molecule has 3 aliphatic carbocycles. The lowest BCUT2D eigenvalue weighted by molar-refractivity contribution is -0.106. The van der Waals surface area contributed by atoms with Crippen LogP contribution in [0.25, 0.3) is 0 Å². The van der Waals surface area contributed by atoms with Crippen molar-refractivity contribution in [3.05, 3.63) is 0 Å². The first kappa shape index (κ1) is 11.1. The predicted molar refractivity (Wildman–Crippen MR) is 66.1 cm³/mol. The fourth-order valence-corrected chi connectivity index (χ4v) is 4.67. The molecule has 3 saturated carbocycles. The van der Waals surface area contributed by atoms with Crippen molar-refractivity contribution >= 4 is 0 Å². The lowest BCUT2D eigenvalue weighted by atomic mass is 9.62. The monoisotopic (exact) mass is 222 g/mol. The van der Waals surface area contributed by atoms with Gasteiger partial charge in [0.15, 0.2) is 0 Å². The molecule has 2 bridgehead atoms. The molecule has 1 nitrogen and oxygen atoms in total. The van der Waals surface area contributed by atoms with E-state index in [0.717, 1.165) is 48.9 Å². The second-order valence-electron chi connectivity index (χ2n) is 7.28. The van der Waals surface area contributed by atoms with E-state index in [0.29, 0.717) is 0 Å². The van der Waals surface area contributed by atoms with Gasteiger partial charge in [-0.1, -0.05) is 20.3 Å². The zero-order chi connectivity index (χ0) is 11.3. The van der Waals surface area contributed by atoms with Crippen molar-refractivity contribution in [2.24, 2.45) is 29.6 Å². The number of hydrogen-bond acceptors (Lipinski definition) is 1. The normalized spacial score (nSPS) is 51.0. The topological polar surface area (TPSA) is 20.2 Å². The highest BCUT2D eigenvalue weighted by Gasteiger charge is 2.48. The molecule has 0 radical (unpaired) electrons. The van der Waals surface area contributed by atoms with Gasteiger partial charge in [-0.05, 0) is 68.1 Å². The molecule has 0 aromatic rings. The first-order chi connectivity index (χ1) is 7.56. The molecule has 0 heterocycles. The van der Waals surface area contributed by atoms with Crippen molar-refractivity contribution in [3.8, 4) is 0 Å². The minimum absolute atomic E-state index is 0.260. The van der Waals surface area contributed by atoms with Gasteiger partial charge in [0.05, 0.1) is 5.60 Å². The van der Waals surface area contributed by atoms with Gasteiger partial charge in [-0.3, -0.25) is 0 Å². The summed E-state index contributed by atoms with van der Waals surface area (Å²) in [6.45, 7) is 4.59. The van der Waals surface area contributed by atoms with Crippen molar-refractivity contribution in [2.45, 2.75) is 64.4 Å². The molecule has 3 atom stereocenters. The van der Waals surface area contributed by atoms with Crippen molar-refractivity contribution in [2.75, 3.05) is 0 Å². The lowest BCUT2D eigenvalue weighted by Crippen LogP contribution is -2.47. The molecule has 16 heavy (non-hydrogen) atoms. The van der Waals surface area contributed by atoms with Gasteiger partial charge in [0, 0.05) is 0 Å². The third-order valence-electron chi connectivity index (χ3n) is 5.75. The average Bonchev–Trinajstić information content (AvgIpc) is 2.74. The Kier molecular flexibility index (Phi) is 2.58. The molecule has 0 spiro atoms. The molecule has 3 fully saturated rings. The molecule has 3 aliphatic rings. The van der Waals surface area contributed by atoms with Crippen LogP contribution in [0.5, 0.6) is 0 Å². The summed E-state index contributed by atoms with van der Waals surface area (Å²) in [5.41, 5.74) is -0.260. The number of fused-ring (bicyclic) bond motifs is 2. The van der Waals surface area contributed by atoms with E-state index < -0.39 is 0 Å². The van der Waals surface area contributed by atoms with Crippen LogP contribution in [0.2, 0.25) is 0 Å². The van der Waals surface area contributed by atoms with E-state index in [1.165, 1.54) is 25.7 Å². The molecule has 0 aromatic carbocycles. The number of hydrogen-bond donors (Lipinski definition) is 1. The van der Waals surface area contributed by atoms with Crippen LogP contribution in [0.3, 0.4) is 0 Å². The molecule has 1 N–H and O–H groups in total. The average molecular weight is 222 g/mol. The third-order valence-corrected chi connectivity index (χ3v) is 5.75. The van der Waals surface area contributed by atoms with E-state index in [9.17, 15) is 5.11 Å². The van der Waals surface area contributed by atoms with Gasteiger partial charge in [-0.15, -0.1) is 0 Å². The standard InChI is InChI=1S/C15H26O/c1-10(2)14-8-15(16,9-14)7-13-6-11-3-4-12(13)5-11/h10-14,16H,3-9H2,1-2H3. The molecule has 0 saturated heterocycles. The van der Waals surface area contributed by atoms with Crippen LogP contribution in [-0.2, 0) is 0 Å². The van der Waals surface area contributed by atoms with Crippen LogP contribution < -0.4 is 0 Å². The van der Waals surface area contributed by atoms with E-state index in [4.69, 9.17) is 0 Å². The van der Waals surface area contributed by atoms with Gasteiger partial charge in [0.25, 0.3) is 0 Å². The Morgan fingerprint density at radius 3 is 2.44 bits per heavy atom. The second-order valence-corrected chi connectivity index (χ2v) is 7.28. The van der Waals surface area contributed by atoms with Crippen molar-refractivity contribution in [3.63, 3.8) is 0 Å². The minimum Gasteiger partial charge on any atom is -0.390 e.